The predicted molar refractivity (Wildman–Crippen MR) is 87.6 cm³/mol. The predicted octanol–water partition coefficient (Wildman–Crippen LogP) is 4.58. The molecule has 1 aliphatic carbocycles. The fourth-order valence-corrected chi connectivity index (χ4v) is 4.78. The molecule has 20 heavy (non-hydrogen) atoms. The lowest BCUT2D eigenvalue weighted by molar-refractivity contribution is 0.374. The lowest BCUT2D eigenvalue weighted by Gasteiger charge is -2.23. The monoisotopic (exact) mass is 306 g/mol. The van der Waals surface area contributed by atoms with Gasteiger partial charge in [-0.3, -0.25) is 0 Å². The molecule has 1 aliphatic rings. The highest BCUT2D eigenvalue weighted by molar-refractivity contribution is 7.10. The average molecular weight is 307 g/mol. The van der Waals surface area contributed by atoms with Crippen LogP contribution in [0.25, 0.3) is 0 Å². The van der Waals surface area contributed by atoms with Gasteiger partial charge in [0.1, 0.15) is 0 Å². The minimum atomic E-state index is 0.554. The summed E-state index contributed by atoms with van der Waals surface area (Å²) in [6, 6.07) is 5.01. The van der Waals surface area contributed by atoms with Crippen molar-refractivity contribution in [2.45, 2.75) is 45.1 Å². The number of hydrogen-bond donors (Lipinski definition) is 1. The molecule has 2 aromatic heterocycles. The third kappa shape index (κ3) is 3.48. The summed E-state index contributed by atoms with van der Waals surface area (Å²) in [5, 5.41) is 9.39. The van der Waals surface area contributed by atoms with Crippen molar-refractivity contribution >= 4 is 22.7 Å². The number of aromatic nitrogens is 1. The third-order valence-corrected chi connectivity index (χ3v) is 6.07. The van der Waals surface area contributed by atoms with Gasteiger partial charge in [-0.15, -0.1) is 22.7 Å². The average Bonchev–Trinajstić information content (AvgIpc) is 3.18. The second kappa shape index (κ2) is 6.83. The Morgan fingerprint density at radius 2 is 2.20 bits per heavy atom. The molecule has 1 atom stereocenters. The van der Waals surface area contributed by atoms with E-state index < -0.39 is 0 Å². The molecule has 4 heteroatoms. The van der Waals surface area contributed by atoms with Gasteiger partial charge in [-0.2, -0.15) is 0 Å². The van der Waals surface area contributed by atoms with E-state index in [9.17, 15) is 0 Å². The van der Waals surface area contributed by atoms with Gasteiger partial charge in [0.05, 0.1) is 5.01 Å². The van der Waals surface area contributed by atoms with E-state index in [1.807, 2.05) is 11.3 Å². The van der Waals surface area contributed by atoms with Crippen molar-refractivity contribution in [3.8, 4) is 0 Å². The van der Waals surface area contributed by atoms with Crippen LogP contribution in [0.2, 0.25) is 0 Å². The lowest BCUT2D eigenvalue weighted by atomic mass is 9.96. The van der Waals surface area contributed by atoms with Crippen LogP contribution in [0.1, 0.15) is 47.3 Å². The Bertz CT molecular complexity index is 512. The maximum atomic E-state index is 4.55. The zero-order chi connectivity index (χ0) is 13.8. The van der Waals surface area contributed by atoms with Gasteiger partial charge in [0, 0.05) is 35.0 Å². The molecule has 1 N–H and O–H groups in total. The fourth-order valence-electron chi connectivity index (χ4n) is 3.11. The first kappa shape index (κ1) is 14.2. The maximum absolute atomic E-state index is 4.55. The van der Waals surface area contributed by atoms with E-state index in [0.29, 0.717) is 6.04 Å². The standard InChI is InChI=1S/C16H22N2S2/c1-12-11-20-15(18-12)8-9-17-16(13-5-2-3-6-13)14-7-4-10-19-14/h4,7,10-11,13,16-17H,2-3,5-6,8-9H2,1H3. The summed E-state index contributed by atoms with van der Waals surface area (Å²) in [4.78, 5) is 6.06. The SMILES string of the molecule is Cc1csc(CCNC(c2cccs2)C2CCCC2)n1. The van der Waals surface area contributed by atoms with Gasteiger partial charge < -0.3 is 5.32 Å². The van der Waals surface area contributed by atoms with Gasteiger partial charge in [-0.1, -0.05) is 18.9 Å². The molecule has 1 unspecified atom stereocenters. The first-order valence-electron chi connectivity index (χ1n) is 7.51. The zero-order valence-electron chi connectivity index (χ0n) is 12.0. The number of aryl methyl sites for hydroxylation is 1. The van der Waals surface area contributed by atoms with Crippen molar-refractivity contribution in [2.24, 2.45) is 5.92 Å². The summed E-state index contributed by atoms with van der Waals surface area (Å²) in [6.07, 6.45) is 6.62. The van der Waals surface area contributed by atoms with Crippen LogP contribution in [0.5, 0.6) is 0 Å². The molecule has 0 bridgehead atoms. The number of nitrogens with one attached hydrogen (secondary N) is 1. The van der Waals surface area contributed by atoms with E-state index >= 15 is 0 Å². The molecule has 0 aliphatic heterocycles. The highest BCUT2D eigenvalue weighted by Gasteiger charge is 2.26. The molecule has 2 nitrogen and oxygen atoms in total. The van der Waals surface area contributed by atoms with Crippen molar-refractivity contribution < 1.29 is 0 Å². The van der Waals surface area contributed by atoms with E-state index in [0.717, 1.165) is 24.6 Å². The first-order valence-corrected chi connectivity index (χ1v) is 9.26. The van der Waals surface area contributed by atoms with Crippen molar-refractivity contribution in [1.82, 2.24) is 10.3 Å². The Morgan fingerprint density at radius 3 is 2.85 bits per heavy atom. The van der Waals surface area contributed by atoms with Crippen LogP contribution in [0.15, 0.2) is 22.9 Å². The zero-order valence-corrected chi connectivity index (χ0v) is 13.6. The molecule has 2 heterocycles. The topological polar surface area (TPSA) is 24.9 Å². The van der Waals surface area contributed by atoms with E-state index in [1.165, 1.54) is 35.6 Å². The second-order valence-electron chi connectivity index (χ2n) is 5.62. The normalized spacial score (nSPS) is 17.6. The van der Waals surface area contributed by atoms with E-state index in [4.69, 9.17) is 0 Å². The third-order valence-electron chi connectivity index (χ3n) is 4.09. The molecule has 1 fully saturated rings. The molecule has 3 rings (SSSR count). The van der Waals surface area contributed by atoms with Gasteiger partial charge in [0.15, 0.2) is 0 Å². The summed E-state index contributed by atoms with van der Waals surface area (Å²) < 4.78 is 0. The quantitative estimate of drug-likeness (QED) is 0.845. The number of hydrogen-bond acceptors (Lipinski definition) is 4. The highest BCUT2D eigenvalue weighted by atomic mass is 32.1. The highest BCUT2D eigenvalue weighted by Crippen LogP contribution is 2.37. The molecule has 0 saturated heterocycles. The molecule has 108 valence electrons. The van der Waals surface area contributed by atoms with E-state index in [1.54, 1.807) is 11.3 Å². The number of rotatable bonds is 6. The Labute approximate surface area is 129 Å². The van der Waals surface area contributed by atoms with Crippen LogP contribution in [0, 0.1) is 12.8 Å². The largest absolute Gasteiger partial charge is 0.309 e. The molecular formula is C16H22N2S2. The van der Waals surface area contributed by atoms with Crippen LogP contribution in [-0.2, 0) is 6.42 Å². The second-order valence-corrected chi connectivity index (χ2v) is 7.55. The van der Waals surface area contributed by atoms with Crippen LogP contribution < -0.4 is 5.32 Å². The van der Waals surface area contributed by atoms with Gasteiger partial charge in [-0.05, 0) is 37.1 Å². The summed E-state index contributed by atoms with van der Waals surface area (Å²) in [5.74, 6) is 0.826. The fraction of sp³-hybridized carbons (Fsp3) is 0.562. The van der Waals surface area contributed by atoms with Crippen LogP contribution in [0.3, 0.4) is 0 Å². The van der Waals surface area contributed by atoms with Crippen LogP contribution in [0.4, 0.5) is 0 Å². The minimum Gasteiger partial charge on any atom is -0.309 e. The summed E-state index contributed by atoms with van der Waals surface area (Å²) >= 11 is 3.68. The number of thiazole rings is 1. The van der Waals surface area contributed by atoms with Gasteiger partial charge >= 0.3 is 0 Å². The molecule has 0 aromatic carbocycles. The summed E-state index contributed by atoms with van der Waals surface area (Å²) in [5.41, 5.74) is 1.15. The molecule has 1 saturated carbocycles. The van der Waals surface area contributed by atoms with Crippen molar-refractivity contribution in [2.75, 3.05) is 6.54 Å². The molecular weight excluding hydrogens is 284 g/mol. The smallest absolute Gasteiger partial charge is 0.0940 e. The Balaban J connectivity index is 1.58. The van der Waals surface area contributed by atoms with Crippen LogP contribution in [-0.4, -0.2) is 11.5 Å². The molecule has 0 radical (unpaired) electrons. The lowest BCUT2D eigenvalue weighted by Crippen LogP contribution is -2.28. The van der Waals surface area contributed by atoms with Gasteiger partial charge in [0.25, 0.3) is 0 Å². The first-order chi connectivity index (χ1) is 9.83. The van der Waals surface area contributed by atoms with Crippen LogP contribution >= 0.6 is 22.7 Å². The van der Waals surface area contributed by atoms with Crippen molar-refractivity contribution in [3.63, 3.8) is 0 Å². The summed E-state index contributed by atoms with van der Waals surface area (Å²) in [6.45, 7) is 3.10. The number of nitrogens with zero attached hydrogens (tertiary/aromatic N) is 1. The molecule has 0 spiro atoms. The molecule has 2 aromatic rings. The van der Waals surface area contributed by atoms with Crippen molar-refractivity contribution in [3.05, 3.63) is 38.5 Å². The Hall–Kier alpha value is -0.710. The van der Waals surface area contributed by atoms with E-state index in [2.05, 4.69) is 40.1 Å². The maximum Gasteiger partial charge on any atom is 0.0940 e. The molecule has 0 amide bonds. The summed E-state index contributed by atoms with van der Waals surface area (Å²) in [7, 11) is 0. The van der Waals surface area contributed by atoms with Gasteiger partial charge in [-0.25, -0.2) is 4.98 Å². The van der Waals surface area contributed by atoms with Crippen molar-refractivity contribution in [1.29, 1.82) is 0 Å². The number of thiophene rings is 1. The van der Waals surface area contributed by atoms with E-state index in [-0.39, 0.29) is 0 Å². The van der Waals surface area contributed by atoms with Gasteiger partial charge in [0.2, 0.25) is 0 Å². The minimum absolute atomic E-state index is 0.554. The Morgan fingerprint density at radius 1 is 1.35 bits per heavy atom. The Kier molecular flexibility index (Phi) is 4.86.